The molecule has 0 radical (unpaired) electrons. The number of aromatic nitrogens is 2. The average molecular weight is 213 g/mol. The number of pyridine rings is 2. The molecule has 0 saturated carbocycles. The topological polar surface area (TPSA) is 54.9 Å². The van der Waals surface area contributed by atoms with E-state index in [1.807, 2.05) is 19.1 Å². The maximum Gasteiger partial charge on any atom is 0.274 e. The van der Waals surface area contributed by atoms with Gasteiger partial charge in [-0.3, -0.25) is 14.8 Å². The highest BCUT2D eigenvalue weighted by Gasteiger charge is 2.05. The number of aryl methyl sites for hydroxylation is 1. The molecule has 0 saturated heterocycles. The third kappa shape index (κ3) is 2.42. The van der Waals surface area contributed by atoms with Gasteiger partial charge in [-0.2, -0.15) is 0 Å². The second-order valence-corrected chi connectivity index (χ2v) is 3.36. The summed E-state index contributed by atoms with van der Waals surface area (Å²) >= 11 is 0. The first-order chi connectivity index (χ1) is 7.75. The Bertz CT molecular complexity index is 479. The fourth-order valence-corrected chi connectivity index (χ4v) is 1.23. The number of hydrogen-bond donors (Lipinski definition) is 1. The van der Waals surface area contributed by atoms with Crippen LogP contribution >= 0.6 is 0 Å². The van der Waals surface area contributed by atoms with E-state index in [1.54, 1.807) is 30.6 Å². The van der Waals surface area contributed by atoms with E-state index in [2.05, 4.69) is 15.3 Å². The van der Waals surface area contributed by atoms with Crippen molar-refractivity contribution in [2.45, 2.75) is 6.92 Å². The van der Waals surface area contributed by atoms with Crippen molar-refractivity contribution < 1.29 is 4.79 Å². The highest BCUT2D eigenvalue weighted by atomic mass is 16.1. The molecule has 0 aliphatic heterocycles. The van der Waals surface area contributed by atoms with E-state index in [1.165, 1.54) is 0 Å². The van der Waals surface area contributed by atoms with Gasteiger partial charge >= 0.3 is 0 Å². The summed E-state index contributed by atoms with van der Waals surface area (Å²) < 4.78 is 0. The first-order valence-corrected chi connectivity index (χ1v) is 4.91. The van der Waals surface area contributed by atoms with Gasteiger partial charge in [-0.05, 0) is 31.2 Å². The molecule has 80 valence electrons. The molecule has 0 fully saturated rings. The number of anilines is 1. The third-order valence-electron chi connectivity index (χ3n) is 2.07. The molecule has 16 heavy (non-hydrogen) atoms. The molecule has 0 aliphatic rings. The molecular formula is C12H11N3O. The lowest BCUT2D eigenvalue weighted by atomic mass is 10.3. The Hall–Kier alpha value is -2.23. The van der Waals surface area contributed by atoms with Crippen LogP contribution in [0, 0.1) is 6.92 Å². The maximum atomic E-state index is 11.7. The first kappa shape index (κ1) is 10.3. The minimum Gasteiger partial charge on any atom is -0.319 e. The summed E-state index contributed by atoms with van der Waals surface area (Å²) in [5.41, 5.74) is 1.97. The van der Waals surface area contributed by atoms with Crippen LogP contribution in [0.3, 0.4) is 0 Å². The lowest BCUT2D eigenvalue weighted by molar-refractivity contribution is 0.102. The molecule has 4 heteroatoms. The van der Waals surface area contributed by atoms with Crippen LogP contribution in [-0.2, 0) is 0 Å². The summed E-state index contributed by atoms with van der Waals surface area (Å²) in [5, 5.41) is 2.72. The van der Waals surface area contributed by atoms with Crippen LogP contribution in [0.25, 0.3) is 0 Å². The van der Waals surface area contributed by atoms with Crippen molar-refractivity contribution >= 4 is 11.6 Å². The molecular weight excluding hydrogens is 202 g/mol. The lowest BCUT2D eigenvalue weighted by Crippen LogP contribution is -2.13. The predicted octanol–water partition coefficient (Wildman–Crippen LogP) is 2.04. The SMILES string of the molecule is Cc1ccc(NC(=O)c2ccccn2)cn1. The average Bonchev–Trinajstić information content (AvgIpc) is 2.33. The van der Waals surface area contributed by atoms with E-state index in [4.69, 9.17) is 0 Å². The van der Waals surface area contributed by atoms with Gasteiger partial charge in [0.25, 0.3) is 5.91 Å². The van der Waals surface area contributed by atoms with Crippen LogP contribution in [0.5, 0.6) is 0 Å². The molecule has 4 nitrogen and oxygen atoms in total. The van der Waals surface area contributed by atoms with E-state index >= 15 is 0 Å². The molecule has 2 heterocycles. The maximum absolute atomic E-state index is 11.7. The Labute approximate surface area is 93.4 Å². The number of nitrogens with zero attached hydrogens (tertiary/aromatic N) is 2. The van der Waals surface area contributed by atoms with Crippen molar-refractivity contribution in [1.82, 2.24) is 9.97 Å². The van der Waals surface area contributed by atoms with Crippen molar-refractivity contribution in [2.75, 3.05) is 5.32 Å². The number of rotatable bonds is 2. The summed E-state index contributed by atoms with van der Waals surface area (Å²) in [7, 11) is 0. The van der Waals surface area contributed by atoms with Crippen LogP contribution in [0.15, 0.2) is 42.7 Å². The Kier molecular flexibility index (Phi) is 2.91. The Morgan fingerprint density at radius 3 is 2.69 bits per heavy atom. The monoisotopic (exact) mass is 213 g/mol. The molecule has 0 bridgehead atoms. The third-order valence-corrected chi connectivity index (χ3v) is 2.07. The molecule has 0 aromatic carbocycles. The van der Waals surface area contributed by atoms with Gasteiger partial charge in [0.1, 0.15) is 5.69 Å². The van der Waals surface area contributed by atoms with E-state index < -0.39 is 0 Å². The van der Waals surface area contributed by atoms with Crippen molar-refractivity contribution in [3.05, 3.63) is 54.1 Å². The molecule has 0 unspecified atom stereocenters. The summed E-state index contributed by atoms with van der Waals surface area (Å²) in [6, 6.07) is 8.85. The second-order valence-electron chi connectivity index (χ2n) is 3.36. The number of carbonyl (C=O) groups excluding carboxylic acids is 1. The minimum absolute atomic E-state index is 0.230. The van der Waals surface area contributed by atoms with Gasteiger partial charge in [0, 0.05) is 11.9 Å². The van der Waals surface area contributed by atoms with Crippen molar-refractivity contribution in [3.8, 4) is 0 Å². The molecule has 0 spiro atoms. The van der Waals surface area contributed by atoms with Gasteiger partial charge in [-0.1, -0.05) is 6.07 Å². The van der Waals surface area contributed by atoms with E-state index in [0.29, 0.717) is 11.4 Å². The molecule has 2 aromatic rings. The van der Waals surface area contributed by atoms with Crippen molar-refractivity contribution in [2.24, 2.45) is 0 Å². The number of amides is 1. The van der Waals surface area contributed by atoms with Gasteiger partial charge in [0.05, 0.1) is 11.9 Å². The molecule has 0 aliphatic carbocycles. The van der Waals surface area contributed by atoms with Crippen molar-refractivity contribution in [3.63, 3.8) is 0 Å². The standard InChI is InChI=1S/C12H11N3O/c1-9-5-6-10(8-14-9)15-12(16)11-4-2-3-7-13-11/h2-8H,1H3,(H,15,16). The quantitative estimate of drug-likeness (QED) is 0.830. The first-order valence-electron chi connectivity index (χ1n) is 4.91. The Morgan fingerprint density at radius 2 is 2.06 bits per heavy atom. The molecule has 1 amide bonds. The summed E-state index contributed by atoms with van der Waals surface area (Å²) in [6.45, 7) is 1.89. The van der Waals surface area contributed by atoms with E-state index in [9.17, 15) is 4.79 Å². The smallest absolute Gasteiger partial charge is 0.274 e. The largest absolute Gasteiger partial charge is 0.319 e. The van der Waals surface area contributed by atoms with Crippen LogP contribution in [0.2, 0.25) is 0 Å². The normalized spacial score (nSPS) is 9.81. The van der Waals surface area contributed by atoms with Gasteiger partial charge in [0.2, 0.25) is 0 Å². The van der Waals surface area contributed by atoms with Crippen LogP contribution in [0.1, 0.15) is 16.2 Å². The highest BCUT2D eigenvalue weighted by Crippen LogP contribution is 2.07. The summed E-state index contributed by atoms with van der Waals surface area (Å²) in [4.78, 5) is 19.7. The Balaban J connectivity index is 2.11. The van der Waals surface area contributed by atoms with Gasteiger partial charge in [-0.15, -0.1) is 0 Å². The van der Waals surface area contributed by atoms with Crippen LogP contribution in [0.4, 0.5) is 5.69 Å². The summed E-state index contributed by atoms with van der Waals surface area (Å²) in [6.07, 6.45) is 3.21. The van der Waals surface area contributed by atoms with Crippen LogP contribution < -0.4 is 5.32 Å². The zero-order valence-electron chi connectivity index (χ0n) is 8.84. The second kappa shape index (κ2) is 4.53. The fourth-order valence-electron chi connectivity index (χ4n) is 1.23. The molecule has 1 N–H and O–H groups in total. The Morgan fingerprint density at radius 1 is 1.19 bits per heavy atom. The van der Waals surface area contributed by atoms with Crippen molar-refractivity contribution in [1.29, 1.82) is 0 Å². The van der Waals surface area contributed by atoms with E-state index in [-0.39, 0.29) is 5.91 Å². The molecule has 0 atom stereocenters. The summed E-state index contributed by atoms with van der Waals surface area (Å²) in [5.74, 6) is -0.230. The van der Waals surface area contributed by atoms with Crippen LogP contribution in [-0.4, -0.2) is 15.9 Å². The van der Waals surface area contributed by atoms with Gasteiger partial charge in [-0.25, -0.2) is 0 Å². The van der Waals surface area contributed by atoms with Gasteiger partial charge < -0.3 is 5.32 Å². The zero-order chi connectivity index (χ0) is 11.4. The number of nitrogens with one attached hydrogen (secondary N) is 1. The minimum atomic E-state index is -0.230. The molecule has 2 aromatic heterocycles. The highest BCUT2D eigenvalue weighted by molar-refractivity contribution is 6.02. The van der Waals surface area contributed by atoms with Gasteiger partial charge in [0.15, 0.2) is 0 Å². The zero-order valence-corrected chi connectivity index (χ0v) is 8.84. The lowest BCUT2D eigenvalue weighted by Gasteiger charge is -2.03. The molecule has 2 rings (SSSR count). The fraction of sp³-hybridized carbons (Fsp3) is 0.0833. The number of hydrogen-bond acceptors (Lipinski definition) is 3. The predicted molar refractivity (Wildman–Crippen MR) is 61.2 cm³/mol. The van der Waals surface area contributed by atoms with E-state index in [0.717, 1.165) is 5.69 Å². The number of carbonyl (C=O) groups is 1.